The number of halogens is 3. The Bertz CT molecular complexity index is 1430. The monoisotopic (exact) mass is 546 g/mol. The Morgan fingerprint density at radius 2 is 1.62 bits per heavy atom. The molecule has 2 aromatic heterocycles. The van der Waals surface area contributed by atoms with Gasteiger partial charge in [-0.25, -0.2) is 13.6 Å². The third-order valence-corrected chi connectivity index (χ3v) is 7.52. The highest BCUT2D eigenvalue weighted by Crippen LogP contribution is 2.38. The van der Waals surface area contributed by atoms with Crippen LogP contribution in [0.4, 0.5) is 8.78 Å². The van der Waals surface area contributed by atoms with Crippen molar-refractivity contribution in [2.24, 2.45) is 0 Å². The maximum atomic E-state index is 14.6. The summed E-state index contributed by atoms with van der Waals surface area (Å²) < 4.78 is 35.9. The SMILES string of the molecule is CCOC(=O)c1cn(Cc2c(F)cccc2F)c2sc(-c3ccccc3)c(CN(CC)CC)c2c1=O.Cl. The molecule has 0 N–H and O–H groups in total. The lowest BCUT2D eigenvalue weighted by Crippen LogP contribution is -2.25. The van der Waals surface area contributed by atoms with Gasteiger partial charge in [0.1, 0.15) is 22.0 Å². The Hall–Kier alpha value is -3.07. The summed E-state index contributed by atoms with van der Waals surface area (Å²) in [4.78, 5) is 30.1. The molecule has 0 saturated heterocycles. The van der Waals surface area contributed by atoms with E-state index in [4.69, 9.17) is 4.74 Å². The van der Waals surface area contributed by atoms with Crippen LogP contribution in [0.15, 0.2) is 59.5 Å². The highest BCUT2D eigenvalue weighted by Gasteiger charge is 2.25. The van der Waals surface area contributed by atoms with Gasteiger partial charge in [0.15, 0.2) is 0 Å². The summed E-state index contributed by atoms with van der Waals surface area (Å²) >= 11 is 1.38. The smallest absolute Gasteiger partial charge is 0.343 e. The van der Waals surface area contributed by atoms with E-state index in [1.165, 1.54) is 35.7 Å². The van der Waals surface area contributed by atoms with E-state index in [2.05, 4.69) is 4.90 Å². The number of hydrogen-bond donors (Lipinski definition) is 0. The van der Waals surface area contributed by atoms with Crippen molar-refractivity contribution in [3.8, 4) is 10.4 Å². The van der Waals surface area contributed by atoms with Crippen LogP contribution in [0, 0.1) is 11.6 Å². The highest BCUT2D eigenvalue weighted by molar-refractivity contribution is 7.22. The van der Waals surface area contributed by atoms with E-state index in [1.807, 2.05) is 44.2 Å². The molecule has 0 atom stereocenters. The van der Waals surface area contributed by atoms with E-state index in [9.17, 15) is 18.4 Å². The molecule has 5 nitrogen and oxygen atoms in total. The first-order valence-corrected chi connectivity index (χ1v) is 12.8. The molecule has 4 rings (SSSR count). The Morgan fingerprint density at radius 1 is 0.973 bits per heavy atom. The lowest BCUT2D eigenvalue weighted by atomic mass is 10.0. The number of hydrogen-bond acceptors (Lipinski definition) is 5. The Labute approximate surface area is 224 Å². The average Bonchev–Trinajstić information content (AvgIpc) is 3.26. The van der Waals surface area contributed by atoms with Gasteiger partial charge in [0.05, 0.1) is 18.5 Å². The van der Waals surface area contributed by atoms with Gasteiger partial charge in [-0.2, -0.15) is 0 Å². The minimum absolute atomic E-state index is 0. The maximum absolute atomic E-state index is 14.6. The third-order valence-electron chi connectivity index (χ3n) is 6.20. The number of carbonyl (C=O) groups is 1. The summed E-state index contributed by atoms with van der Waals surface area (Å²) in [7, 11) is 0. The number of rotatable bonds is 9. The second-order valence-electron chi connectivity index (χ2n) is 8.34. The summed E-state index contributed by atoms with van der Waals surface area (Å²) in [6, 6.07) is 13.4. The van der Waals surface area contributed by atoms with Gasteiger partial charge in [0.2, 0.25) is 5.43 Å². The lowest BCUT2D eigenvalue weighted by Gasteiger charge is -2.19. The zero-order chi connectivity index (χ0) is 25.8. The molecule has 0 aliphatic heterocycles. The molecule has 2 aromatic carbocycles. The second kappa shape index (κ2) is 12.4. The second-order valence-corrected chi connectivity index (χ2v) is 9.34. The first-order valence-electron chi connectivity index (χ1n) is 12.0. The number of nitrogens with zero attached hydrogens (tertiary/aromatic N) is 2. The van der Waals surface area contributed by atoms with Gasteiger partial charge in [-0.05, 0) is 43.3 Å². The van der Waals surface area contributed by atoms with Gasteiger partial charge in [0.25, 0.3) is 0 Å². The van der Waals surface area contributed by atoms with E-state index in [1.54, 1.807) is 11.5 Å². The fourth-order valence-corrected chi connectivity index (χ4v) is 5.56. The molecular formula is C28H29ClF2N2O3S. The predicted octanol–water partition coefficient (Wildman–Crippen LogP) is 6.50. The topological polar surface area (TPSA) is 51.5 Å². The van der Waals surface area contributed by atoms with Crippen LogP contribution < -0.4 is 5.43 Å². The number of fused-ring (bicyclic) bond motifs is 1. The van der Waals surface area contributed by atoms with E-state index in [-0.39, 0.29) is 36.7 Å². The van der Waals surface area contributed by atoms with Crippen molar-refractivity contribution >= 4 is 39.9 Å². The molecule has 0 radical (unpaired) electrons. The first kappa shape index (κ1) is 28.5. The summed E-state index contributed by atoms with van der Waals surface area (Å²) in [6.45, 7) is 7.71. The van der Waals surface area contributed by atoms with Crippen LogP contribution in [0.3, 0.4) is 0 Å². The molecule has 196 valence electrons. The highest BCUT2D eigenvalue weighted by atomic mass is 35.5. The molecule has 0 aliphatic rings. The largest absolute Gasteiger partial charge is 0.462 e. The molecule has 0 spiro atoms. The average molecular weight is 547 g/mol. The zero-order valence-electron chi connectivity index (χ0n) is 20.9. The predicted molar refractivity (Wildman–Crippen MR) is 147 cm³/mol. The summed E-state index contributed by atoms with van der Waals surface area (Å²) in [5, 5.41) is 0.382. The van der Waals surface area contributed by atoms with Crippen molar-refractivity contribution in [3.63, 3.8) is 0 Å². The fraction of sp³-hybridized carbons (Fsp3) is 0.286. The number of benzene rings is 2. The van der Waals surface area contributed by atoms with Gasteiger partial charge < -0.3 is 9.30 Å². The molecule has 0 amide bonds. The number of esters is 1. The van der Waals surface area contributed by atoms with Crippen LogP contribution >= 0.6 is 23.7 Å². The molecule has 0 aliphatic carbocycles. The van der Waals surface area contributed by atoms with Crippen LogP contribution in [0.2, 0.25) is 0 Å². The summed E-state index contributed by atoms with van der Waals surface area (Å²) in [6.07, 6.45) is 1.36. The molecule has 0 unspecified atom stereocenters. The Morgan fingerprint density at radius 3 is 2.22 bits per heavy atom. The van der Waals surface area contributed by atoms with Crippen LogP contribution in [0.25, 0.3) is 20.7 Å². The van der Waals surface area contributed by atoms with Crippen LogP contribution in [-0.2, 0) is 17.8 Å². The molecule has 9 heteroatoms. The summed E-state index contributed by atoms with van der Waals surface area (Å²) in [5.41, 5.74) is 0.996. The van der Waals surface area contributed by atoms with E-state index >= 15 is 0 Å². The van der Waals surface area contributed by atoms with Crippen molar-refractivity contribution in [2.45, 2.75) is 33.9 Å². The Balaban J connectivity index is 0.00000380. The zero-order valence-corrected chi connectivity index (χ0v) is 22.6. The van der Waals surface area contributed by atoms with Crippen molar-refractivity contribution in [2.75, 3.05) is 19.7 Å². The lowest BCUT2D eigenvalue weighted by molar-refractivity contribution is 0.0524. The van der Waals surface area contributed by atoms with Crippen molar-refractivity contribution in [1.82, 2.24) is 9.47 Å². The van der Waals surface area contributed by atoms with Crippen LogP contribution in [-0.4, -0.2) is 35.1 Å². The van der Waals surface area contributed by atoms with Crippen molar-refractivity contribution in [1.29, 1.82) is 0 Å². The molecular weight excluding hydrogens is 518 g/mol. The van der Waals surface area contributed by atoms with Gasteiger partial charge in [-0.1, -0.05) is 50.2 Å². The number of carbonyl (C=O) groups excluding carboxylic acids is 1. The van der Waals surface area contributed by atoms with Gasteiger partial charge >= 0.3 is 5.97 Å². The van der Waals surface area contributed by atoms with Crippen LogP contribution in [0.1, 0.15) is 42.3 Å². The quantitative estimate of drug-likeness (QED) is 0.225. The first-order chi connectivity index (χ1) is 17.4. The minimum atomic E-state index is -0.756. The molecule has 0 bridgehead atoms. The molecule has 4 aromatic rings. The molecule has 0 fully saturated rings. The van der Waals surface area contributed by atoms with Gasteiger partial charge in [-0.15, -0.1) is 23.7 Å². The number of pyridine rings is 1. The number of aromatic nitrogens is 1. The number of ether oxygens (including phenoxy) is 1. The minimum Gasteiger partial charge on any atom is -0.462 e. The van der Waals surface area contributed by atoms with Gasteiger partial charge in [-0.3, -0.25) is 9.69 Å². The van der Waals surface area contributed by atoms with E-state index < -0.39 is 23.0 Å². The molecule has 2 heterocycles. The fourth-order valence-electron chi connectivity index (χ4n) is 4.27. The van der Waals surface area contributed by atoms with Crippen molar-refractivity contribution in [3.05, 3.63) is 93.3 Å². The van der Waals surface area contributed by atoms with E-state index in [0.29, 0.717) is 16.8 Å². The molecule has 0 saturated carbocycles. The van der Waals surface area contributed by atoms with Gasteiger partial charge in [0, 0.05) is 23.2 Å². The molecule has 37 heavy (non-hydrogen) atoms. The maximum Gasteiger partial charge on any atom is 0.343 e. The summed E-state index contributed by atoms with van der Waals surface area (Å²) in [5.74, 6) is -2.14. The standard InChI is InChI=1S/C28H28F2N2O3S.ClH/c1-4-31(5-2)15-20-24-25(33)21(28(34)35-6-3)17-32(16-19-22(29)13-10-14-23(19)30)27(24)36-26(20)18-11-8-7-9-12-18;/h7-14,17H,4-6,15-16H2,1-3H3;1H. The number of thiophene rings is 1. The Kier molecular flexibility index (Phi) is 9.59. The van der Waals surface area contributed by atoms with Crippen molar-refractivity contribution < 1.29 is 18.3 Å². The van der Waals surface area contributed by atoms with Crippen LogP contribution in [0.5, 0.6) is 0 Å². The van der Waals surface area contributed by atoms with E-state index in [0.717, 1.165) is 29.1 Å². The third kappa shape index (κ3) is 5.76. The normalized spacial score (nSPS) is 11.1.